The topological polar surface area (TPSA) is 25.8 Å². The summed E-state index contributed by atoms with van der Waals surface area (Å²) in [5, 5.41) is 0. The zero-order valence-corrected chi connectivity index (χ0v) is 8.04. The van der Waals surface area contributed by atoms with Crippen molar-refractivity contribution in [1.29, 1.82) is 0 Å². The molecule has 0 aliphatic rings. The maximum atomic E-state index is 13.3. The predicted molar refractivity (Wildman–Crippen MR) is 52.1 cm³/mol. The minimum Gasteiger partial charge on any atom is -0.236 e. The quantitative estimate of drug-likeness (QED) is 0.716. The lowest BCUT2D eigenvalue weighted by atomic mass is 10.2. The molecular weight excluding hydrogens is 198 g/mol. The second-order valence-electron chi connectivity index (χ2n) is 3.21. The first kappa shape index (κ1) is 9.71. The number of benzene rings is 1. The van der Waals surface area contributed by atoms with Crippen LogP contribution in [0.4, 0.5) is 8.78 Å². The van der Waals surface area contributed by atoms with Gasteiger partial charge in [0.05, 0.1) is 5.56 Å². The predicted octanol–water partition coefficient (Wildman–Crippen LogP) is 2.73. The summed E-state index contributed by atoms with van der Waals surface area (Å²) in [6.45, 7) is 1.84. The maximum absolute atomic E-state index is 13.3. The molecule has 0 fully saturated rings. The monoisotopic (exact) mass is 206 g/mol. The lowest BCUT2D eigenvalue weighted by Crippen LogP contribution is -1.92. The molecule has 0 amide bonds. The molecule has 0 atom stereocenters. The number of hydrogen-bond acceptors (Lipinski definition) is 2. The van der Waals surface area contributed by atoms with Crippen molar-refractivity contribution < 1.29 is 8.78 Å². The fourth-order valence-corrected chi connectivity index (χ4v) is 1.20. The molecular formula is C11H8F2N2. The minimum atomic E-state index is -0.654. The summed E-state index contributed by atoms with van der Waals surface area (Å²) in [5.41, 5.74) is 1.10. The van der Waals surface area contributed by atoms with E-state index < -0.39 is 11.6 Å². The Balaban J connectivity index is 2.49. The number of rotatable bonds is 1. The molecule has 76 valence electrons. The Kier molecular flexibility index (Phi) is 2.41. The van der Waals surface area contributed by atoms with Gasteiger partial charge in [-0.15, -0.1) is 0 Å². The molecule has 1 aromatic heterocycles. The average molecular weight is 206 g/mol. The van der Waals surface area contributed by atoms with Crippen molar-refractivity contribution in [3.63, 3.8) is 0 Å². The van der Waals surface area contributed by atoms with Gasteiger partial charge in [-0.25, -0.2) is 18.7 Å². The van der Waals surface area contributed by atoms with Crippen LogP contribution in [0.1, 0.15) is 5.56 Å². The second-order valence-corrected chi connectivity index (χ2v) is 3.21. The summed E-state index contributed by atoms with van der Waals surface area (Å²) in [6.07, 6.45) is 3.18. The van der Waals surface area contributed by atoms with Crippen LogP contribution in [-0.4, -0.2) is 9.97 Å². The lowest BCUT2D eigenvalue weighted by Gasteiger charge is -2.01. The van der Waals surface area contributed by atoms with Gasteiger partial charge < -0.3 is 0 Å². The number of nitrogens with zero attached hydrogens (tertiary/aromatic N) is 2. The van der Waals surface area contributed by atoms with Crippen molar-refractivity contribution in [2.24, 2.45) is 0 Å². The number of hydrogen-bond donors (Lipinski definition) is 0. The van der Waals surface area contributed by atoms with Gasteiger partial charge in [0.2, 0.25) is 0 Å². The first-order chi connectivity index (χ1) is 7.16. The minimum absolute atomic E-state index is 0.205. The fraction of sp³-hybridized carbons (Fsp3) is 0.0909. The van der Waals surface area contributed by atoms with Crippen molar-refractivity contribution in [3.05, 3.63) is 47.8 Å². The van der Waals surface area contributed by atoms with Crippen molar-refractivity contribution in [2.45, 2.75) is 6.92 Å². The first-order valence-electron chi connectivity index (χ1n) is 4.41. The summed E-state index contributed by atoms with van der Waals surface area (Å²) in [7, 11) is 0. The van der Waals surface area contributed by atoms with Gasteiger partial charge in [-0.2, -0.15) is 0 Å². The molecule has 0 unspecified atom stereocenters. The van der Waals surface area contributed by atoms with E-state index in [4.69, 9.17) is 0 Å². The molecule has 2 nitrogen and oxygen atoms in total. The number of aryl methyl sites for hydroxylation is 1. The fourth-order valence-electron chi connectivity index (χ4n) is 1.20. The van der Waals surface area contributed by atoms with Crippen LogP contribution >= 0.6 is 0 Å². The van der Waals surface area contributed by atoms with Crippen LogP contribution in [0.5, 0.6) is 0 Å². The second kappa shape index (κ2) is 3.73. The zero-order chi connectivity index (χ0) is 10.8. The van der Waals surface area contributed by atoms with E-state index in [1.54, 1.807) is 12.4 Å². The Bertz CT molecular complexity index is 480. The normalized spacial score (nSPS) is 10.3. The van der Waals surface area contributed by atoms with E-state index in [2.05, 4.69) is 9.97 Å². The van der Waals surface area contributed by atoms with Gasteiger partial charge in [0.15, 0.2) is 5.82 Å². The van der Waals surface area contributed by atoms with Crippen LogP contribution in [0, 0.1) is 18.6 Å². The van der Waals surface area contributed by atoms with Crippen LogP contribution < -0.4 is 0 Å². The highest BCUT2D eigenvalue weighted by molar-refractivity contribution is 5.55. The molecule has 0 aliphatic carbocycles. The highest BCUT2D eigenvalue weighted by Gasteiger charge is 2.08. The van der Waals surface area contributed by atoms with Gasteiger partial charge in [0, 0.05) is 18.5 Å². The Labute approximate surface area is 85.6 Å². The van der Waals surface area contributed by atoms with Crippen molar-refractivity contribution >= 4 is 0 Å². The van der Waals surface area contributed by atoms with Gasteiger partial charge in [-0.1, -0.05) is 0 Å². The molecule has 0 radical (unpaired) electrons. The standard InChI is InChI=1S/C11H8F2N2/c1-7-5-14-11(15-6-7)9-3-2-8(12)4-10(9)13/h2-6H,1H3. The zero-order valence-electron chi connectivity index (χ0n) is 8.04. The number of aromatic nitrogens is 2. The molecule has 2 aromatic rings. The van der Waals surface area contributed by atoms with Crippen LogP contribution in [0.15, 0.2) is 30.6 Å². The van der Waals surface area contributed by atoms with Crippen LogP contribution in [0.3, 0.4) is 0 Å². The van der Waals surface area contributed by atoms with Gasteiger partial charge in [-0.05, 0) is 24.6 Å². The van der Waals surface area contributed by atoms with Crippen molar-refractivity contribution in [2.75, 3.05) is 0 Å². The largest absolute Gasteiger partial charge is 0.236 e. The van der Waals surface area contributed by atoms with Gasteiger partial charge >= 0.3 is 0 Å². The molecule has 0 bridgehead atoms. The Morgan fingerprint density at radius 3 is 2.33 bits per heavy atom. The molecule has 0 spiro atoms. The molecule has 0 N–H and O–H groups in total. The molecule has 1 aromatic carbocycles. The van der Waals surface area contributed by atoms with Crippen molar-refractivity contribution in [3.8, 4) is 11.4 Å². The first-order valence-corrected chi connectivity index (χ1v) is 4.41. The van der Waals surface area contributed by atoms with E-state index >= 15 is 0 Å². The molecule has 4 heteroatoms. The molecule has 2 rings (SSSR count). The SMILES string of the molecule is Cc1cnc(-c2ccc(F)cc2F)nc1. The van der Waals surface area contributed by atoms with E-state index in [1.165, 1.54) is 12.1 Å². The van der Waals surface area contributed by atoms with Crippen LogP contribution in [-0.2, 0) is 0 Å². The third-order valence-electron chi connectivity index (χ3n) is 1.95. The van der Waals surface area contributed by atoms with E-state index in [0.29, 0.717) is 0 Å². The smallest absolute Gasteiger partial charge is 0.162 e. The van der Waals surface area contributed by atoms with Gasteiger partial charge in [0.25, 0.3) is 0 Å². The maximum Gasteiger partial charge on any atom is 0.162 e. The Hall–Kier alpha value is -1.84. The van der Waals surface area contributed by atoms with E-state index in [0.717, 1.165) is 11.6 Å². The van der Waals surface area contributed by atoms with Crippen molar-refractivity contribution in [1.82, 2.24) is 9.97 Å². The van der Waals surface area contributed by atoms with E-state index in [9.17, 15) is 8.78 Å². The van der Waals surface area contributed by atoms with Crippen LogP contribution in [0.25, 0.3) is 11.4 Å². The molecule has 0 saturated heterocycles. The van der Waals surface area contributed by atoms with Gasteiger partial charge in [0.1, 0.15) is 11.6 Å². The van der Waals surface area contributed by atoms with Gasteiger partial charge in [-0.3, -0.25) is 0 Å². The third-order valence-corrected chi connectivity index (χ3v) is 1.95. The summed E-state index contributed by atoms with van der Waals surface area (Å²) in [6, 6.07) is 3.33. The Morgan fingerprint density at radius 2 is 1.73 bits per heavy atom. The lowest BCUT2D eigenvalue weighted by molar-refractivity contribution is 0.585. The molecule has 1 heterocycles. The third kappa shape index (κ3) is 1.98. The van der Waals surface area contributed by atoms with E-state index in [-0.39, 0.29) is 11.4 Å². The molecule has 15 heavy (non-hydrogen) atoms. The molecule has 0 aliphatic heterocycles. The summed E-state index contributed by atoms with van der Waals surface area (Å²) in [4.78, 5) is 7.93. The highest BCUT2D eigenvalue weighted by Crippen LogP contribution is 2.19. The van der Waals surface area contributed by atoms with E-state index in [1.807, 2.05) is 6.92 Å². The average Bonchev–Trinajstić information content (AvgIpc) is 2.20. The summed E-state index contributed by atoms with van der Waals surface area (Å²) >= 11 is 0. The summed E-state index contributed by atoms with van der Waals surface area (Å²) < 4.78 is 26.0. The highest BCUT2D eigenvalue weighted by atomic mass is 19.1. The Morgan fingerprint density at radius 1 is 1.07 bits per heavy atom. The summed E-state index contributed by atoms with van der Waals surface area (Å²) in [5.74, 6) is -1.000. The number of halogens is 2. The molecule has 0 saturated carbocycles. The van der Waals surface area contributed by atoms with Crippen LogP contribution in [0.2, 0.25) is 0 Å².